The first-order valence-electron chi connectivity index (χ1n) is 26.8. The van der Waals surface area contributed by atoms with Crippen molar-refractivity contribution in [1.82, 2.24) is 9.80 Å². The largest absolute Gasteiger partial charge is 0.311 e. The molecule has 0 fully saturated rings. The Morgan fingerprint density at radius 3 is 0.905 bits per heavy atom. The van der Waals surface area contributed by atoms with Gasteiger partial charge in [0.2, 0.25) is 0 Å². The molecule has 0 aromatic heterocycles. The van der Waals surface area contributed by atoms with Crippen LogP contribution in [0.2, 0.25) is 0 Å². The van der Waals surface area contributed by atoms with Crippen LogP contribution in [0.5, 0.6) is 0 Å². The van der Waals surface area contributed by atoms with E-state index in [1.807, 2.05) is 133 Å². The van der Waals surface area contributed by atoms with Gasteiger partial charge in [-0.3, -0.25) is 29.0 Å². The molecule has 0 unspecified atom stereocenters. The number of rotatable bonds is 22. The van der Waals surface area contributed by atoms with Gasteiger partial charge in [-0.15, -0.1) is 0 Å². The zero-order valence-corrected chi connectivity index (χ0v) is 42.6. The molecule has 2 heterocycles. The Bertz CT molecular complexity index is 2970. The van der Waals surface area contributed by atoms with Crippen LogP contribution in [-0.2, 0) is 0 Å². The fraction of sp³-hybridized carbons (Fsp3) is 0.242. The molecule has 2 aliphatic rings. The summed E-state index contributed by atoms with van der Waals surface area (Å²) >= 11 is 0. The molecular weight excluding hydrogens is 913 g/mol. The second kappa shape index (κ2) is 22.8. The third kappa shape index (κ3) is 9.89. The first kappa shape index (κ1) is 49.5. The van der Waals surface area contributed by atoms with Crippen LogP contribution < -0.4 is 9.80 Å². The lowest BCUT2D eigenvalue weighted by Gasteiger charge is -2.34. The molecule has 0 aliphatic carbocycles. The number of anilines is 6. The molecule has 8 nitrogen and oxygen atoms in total. The molecule has 8 heteroatoms. The van der Waals surface area contributed by atoms with Crippen molar-refractivity contribution < 1.29 is 19.2 Å². The second-order valence-electron chi connectivity index (χ2n) is 19.6. The number of carbonyl (C=O) groups excluding carboxylic acids is 4. The molecule has 0 atom stereocenters. The number of unbranched alkanes of at least 4 members (excludes halogenated alkanes) is 10. The van der Waals surface area contributed by atoms with Gasteiger partial charge in [0, 0.05) is 69.1 Å². The zero-order chi connectivity index (χ0) is 51.0. The number of hydrogen-bond acceptors (Lipinski definition) is 6. The van der Waals surface area contributed by atoms with E-state index >= 15 is 19.2 Å². The number of amides is 4. The molecule has 0 spiro atoms. The lowest BCUT2D eigenvalue weighted by Crippen LogP contribution is -2.44. The summed E-state index contributed by atoms with van der Waals surface area (Å²) in [5.41, 5.74) is 9.68. The van der Waals surface area contributed by atoms with Gasteiger partial charge in [0.25, 0.3) is 23.6 Å². The summed E-state index contributed by atoms with van der Waals surface area (Å²) < 4.78 is 0. The molecule has 372 valence electrons. The smallest absolute Gasteiger partial charge is 0.262 e. The van der Waals surface area contributed by atoms with Crippen LogP contribution in [0.25, 0.3) is 33.0 Å². The zero-order valence-electron chi connectivity index (χ0n) is 42.6. The molecule has 8 aromatic rings. The fourth-order valence-electron chi connectivity index (χ4n) is 10.9. The monoisotopic (exact) mass is 976 g/mol. The molecule has 74 heavy (non-hydrogen) atoms. The minimum atomic E-state index is -0.408. The number of carbonyl (C=O) groups is 4. The summed E-state index contributed by atoms with van der Waals surface area (Å²) in [7, 11) is 0. The second-order valence-corrected chi connectivity index (χ2v) is 19.6. The van der Waals surface area contributed by atoms with Crippen LogP contribution in [0.4, 0.5) is 34.1 Å². The van der Waals surface area contributed by atoms with E-state index in [0.717, 1.165) is 109 Å². The van der Waals surface area contributed by atoms with Gasteiger partial charge in [-0.1, -0.05) is 175 Å². The van der Waals surface area contributed by atoms with Crippen molar-refractivity contribution >= 4 is 68.5 Å². The van der Waals surface area contributed by atoms with Crippen molar-refractivity contribution in [2.45, 2.75) is 90.9 Å². The van der Waals surface area contributed by atoms with Crippen LogP contribution in [-0.4, -0.2) is 46.5 Å². The van der Waals surface area contributed by atoms with Gasteiger partial charge in [-0.05, 0) is 120 Å². The molecule has 8 aromatic carbocycles. The Balaban J connectivity index is 1.14. The Kier molecular flexibility index (Phi) is 15.2. The Labute approximate surface area is 435 Å². The van der Waals surface area contributed by atoms with E-state index in [4.69, 9.17) is 0 Å². The van der Waals surface area contributed by atoms with Crippen molar-refractivity contribution in [2.75, 3.05) is 22.9 Å². The molecule has 4 amide bonds. The number of imide groups is 2. The molecule has 0 radical (unpaired) electrons. The predicted octanol–water partition coefficient (Wildman–Crippen LogP) is 17.0. The van der Waals surface area contributed by atoms with Crippen LogP contribution in [0.1, 0.15) is 132 Å². The third-order valence-electron chi connectivity index (χ3n) is 14.7. The van der Waals surface area contributed by atoms with Crippen molar-refractivity contribution in [2.24, 2.45) is 0 Å². The molecule has 0 N–H and O–H groups in total. The van der Waals surface area contributed by atoms with Crippen LogP contribution in [0.3, 0.4) is 0 Å². The number of hydrogen-bond donors (Lipinski definition) is 0. The molecular formula is C66H64N4O4. The summed E-state index contributed by atoms with van der Waals surface area (Å²) in [5, 5.41) is 0.753. The fourth-order valence-corrected chi connectivity index (χ4v) is 10.9. The topological polar surface area (TPSA) is 81.2 Å². The van der Waals surface area contributed by atoms with E-state index in [1.165, 1.54) is 9.80 Å². The lowest BCUT2D eigenvalue weighted by molar-refractivity contribution is 0.0587. The van der Waals surface area contributed by atoms with Gasteiger partial charge in [0.1, 0.15) is 0 Å². The number of nitrogens with zero attached hydrogens (tertiary/aromatic N) is 4. The van der Waals surface area contributed by atoms with Gasteiger partial charge in [0.05, 0.1) is 11.1 Å². The Hall–Kier alpha value is -8.10. The van der Waals surface area contributed by atoms with Gasteiger partial charge in [-0.25, -0.2) is 0 Å². The minimum Gasteiger partial charge on any atom is -0.311 e. The van der Waals surface area contributed by atoms with Crippen LogP contribution in [0, 0.1) is 0 Å². The average molecular weight is 977 g/mol. The summed E-state index contributed by atoms with van der Waals surface area (Å²) in [6.45, 7) is 4.90. The van der Waals surface area contributed by atoms with Gasteiger partial charge in [-0.2, -0.15) is 0 Å². The minimum absolute atomic E-state index is 0.262. The number of benzene rings is 8. The highest BCUT2D eigenvalue weighted by molar-refractivity contribution is 6.36. The molecule has 10 rings (SSSR count). The maximum absolute atomic E-state index is 15.3. The maximum Gasteiger partial charge on any atom is 0.262 e. The van der Waals surface area contributed by atoms with Gasteiger partial charge >= 0.3 is 0 Å². The highest BCUT2D eigenvalue weighted by Crippen LogP contribution is 2.47. The SMILES string of the molecule is CCCCCCCCN1C(=O)c2cc(-c3ccc(N(c4ccccc4)c4ccccc4)cc3)c3c4c(cc(-c5ccc(N(c6ccccc6)c6ccccc6)cc5)c(c24)C1=O)C(=O)N(CCCCCCCC)C3=O. The quantitative estimate of drug-likeness (QED) is 0.0497. The molecule has 0 saturated heterocycles. The van der Waals surface area contributed by atoms with E-state index in [9.17, 15) is 0 Å². The number of para-hydroxylation sites is 4. The predicted molar refractivity (Wildman–Crippen MR) is 302 cm³/mol. The van der Waals surface area contributed by atoms with Crippen LogP contribution >= 0.6 is 0 Å². The van der Waals surface area contributed by atoms with E-state index < -0.39 is 23.6 Å². The maximum atomic E-state index is 15.3. The lowest BCUT2D eigenvalue weighted by atomic mass is 9.79. The Morgan fingerprint density at radius 2 is 0.595 bits per heavy atom. The first-order chi connectivity index (χ1) is 36.4. The van der Waals surface area contributed by atoms with E-state index in [-0.39, 0.29) is 13.1 Å². The summed E-state index contributed by atoms with van der Waals surface area (Å²) in [4.78, 5) is 68.2. The summed E-state index contributed by atoms with van der Waals surface area (Å²) in [5.74, 6) is -1.63. The molecule has 0 bridgehead atoms. The van der Waals surface area contributed by atoms with Gasteiger partial charge < -0.3 is 9.80 Å². The van der Waals surface area contributed by atoms with Gasteiger partial charge in [0.15, 0.2) is 0 Å². The highest BCUT2D eigenvalue weighted by Gasteiger charge is 2.43. The third-order valence-corrected chi connectivity index (χ3v) is 14.7. The van der Waals surface area contributed by atoms with Crippen molar-refractivity contribution in [1.29, 1.82) is 0 Å². The highest BCUT2D eigenvalue weighted by atomic mass is 16.2. The van der Waals surface area contributed by atoms with Crippen molar-refractivity contribution in [3.63, 3.8) is 0 Å². The van der Waals surface area contributed by atoms with E-state index in [2.05, 4.69) is 72.2 Å². The standard InChI is InChI=1S/C66H64N4O4/c1-3-5-7-9-11-25-43-67-63(71)57-45-56(48-37-41-54(42-38-48)70(51-31-21-15-22-32-51)52-33-23-16-24-34-52)62-60-58(64(72)68(66(62)74)44-26-12-10-8-6-4-2)46-55(61(59(57)60)65(67)73)47-35-39-53(40-36-47)69(49-27-17-13-18-28-49)50-29-19-14-20-30-50/h13-24,27-42,45-46H,3-12,25-26,43-44H2,1-2H3. The first-order valence-corrected chi connectivity index (χ1v) is 26.8. The molecule has 0 saturated carbocycles. The van der Waals surface area contributed by atoms with Crippen molar-refractivity contribution in [3.05, 3.63) is 204 Å². The normalized spacial score (nSPS) is 13.0. The van der Waals surface area contributed by atoms with E-state index in [0.29, 0.717) is 57.0 Å². The average Bonchev–Trinajstić information content (AvgIpc) is 3.47. The van der Waals surface area contributed by atoms with Crippen LogP contribution in [0.15, 0.2) is 182 Å². The summed E-state index contributed by atoms with van der Waals surface area (Å²) in [6, 6.07) is 60.5. The molecule has 2 aliphatic heterocycles. The summed E-state index contributed by atoms with van der Waals surface area (Å²) in [6.07, 6.45) is 11.9. The van der Waals surface area contributed by atoms with E-state index in [1.54, 1.807) is 0 Å². The van der Waals surface area contributed by atoms with Crippen molar-refractivity contribution in [3.8, 4) is 22.3 Å². The Morgan fingerprint density at radius 1 is 0.311 bits per heavy atom.